The molecule has 10 heteroatoms. The Labute approximate surface area is 155 Å². The zero-order valence-electron chi connectivity index (χ0n) is 13.7. The number of carbonyl (C=O) groups excluding carboxylic acids is 1. The first-order valence-electron chi connectivity index (χ1n) is 7.89. The number of fused-ring (bicyclic) bond motifs is 1. The van der Waals surface area contributed by atoms with E-state index in [1.165, 1.54) is 0 Å². The molecule has 0 amide bonds. The number of anilines is 1. The second kappa shape index (κ2) is 7.16. The molecule has 0 aliphatic carbocycles. The van der Waals surface area contributed by atoms with Crippen molar-refractivity contribution in [3.05, 3.63) is 40.7 Å². The molecule has 2 aliphatic heterocycles. The lowest BCUT2D eigenvalue weighted by molar-refractivity contribution is 0.106. The predicted molar refractivity (Wildman–Crippen MR) is 98.9 cm³/mol. The van der Waals surface area contributed by atoms with Crippen LogP contribution in [0.2, 0.25) is 5.02 Å². The molecule has 0 spiro atoms. The topological polar surface area (TPSA) is 100.0 Å². The molecular formula is C16H16ClFN4O3S. The fourth-order valence-electron chi connectivity index (χ4n) is 2.73. The number of rotatable bonds is 6. The van der Waals surface area contributed by atoms with Gasteiger partial charge in [0.15, 0.2) is 0 Å². The predicted octanol–water partition coefficient (Wildman–Crippen LogP) is 2.36. The first-order valence-corrected chi connectivity index (χ1v) is 9.92. The van der Waals surface area contributed by atoms with Crippen LogP contribution >= 0.6 is 11.6 Å². The van der Waals surface area contributed by atoms with Gasteiger partial charge in [-0.3, -0.25) is 19.9 Å². The van der Waals surface area contributed by atoms with Crippen molar-refractivity contribution >= 4 is 45.0 Å². The van der Waals surface area contributed by atoms with Crippen LogP contribution in [0, 0.1) is 11.7 Å². The van der Waals surface area contributed by atoms with E-state index in [1.807, 2.05) is 0 Å². The SMILES string of the molecule is CCCS(=O)(=O)Nc1cc(F)cc(C(=O)C2=NNC3N=CC=CC23)c1Cl. The molecule has 2 unspecified atom stereocenters. The molecule has 1 aromatic carbocycles. The minimum absolute atomic E-state index is 0.137. The zero-order chi connectivity index (χ0) is 18.9. The van der Waals surface area contributed by atoms with Gasteiger partial charge in [-0.05, 0) is 24.6 Å². The Morgan fingerprint density at radius 2 is 2.19 bits per heavy atom. The summed E-state index contributed by atoms with van der Waals surface area (Å²) in [5, 5.41) is 3.82. The standard InChI is InChI=1S/C16H16ClFN4O3S/c1-2-6-26(24,25)22-12-8-9(18)7-11(13(12)17)15(23)14-10-4-3-5-19-16(10)21-20-14/h3-5,7-8,10,16,21-22H,2,6H2,1H3. The molecule has 0 saturated carbocycles. The molecular weight excluding hydrogens is 383 g/mol. The number of dihydropyridines is 1. The van der Waals surface area contributed by atoms with E-state index in [0.717, 1.165) is 12.1 Å². The van der Waals surface area contributed by atoms with Crippen LogP contribution in [0.25, 0.3) is 0 Å². The first kappa shape index (κ1) is 18.5. The van der Waals surface area contributed by atoms with Gasteiger partial charge in [-0.25, -0.2) is 12.8 Å². The maximum Gasteiger partial charge on any atom is 0.232 e. The number of benzene rings is 1. The Balaban J connectivity index is 1.94. The number of nitrogens with one attached hydrogen (secondary N) is 2. The van der Waals surface area contributed by atoms with E-state index in [4.69, 9.17) is 11.6 Å². The Hall–Kier alpha value is -2.26. The van der Waals surface area contributed by atoms with Gasteiger partial charge in [-0.2, -0.15) is 5.10 Å². The number of allylic oxidation sites excluding steroid dienone is 1. The van der Waals surface area contributed by atoms with Crippen LogP contribution < -0.4 is 10.1 Å². The quantitative estimate of drug-likeness (QED) is 0.718. The van der Waals surface area contributed by atoms with Crippen LogP contribution in [0.4, 0.5) is 10.1 Å². The van der Waals surface area contributed by atoms with Gasteiger partial charge in [0, 0.05) is 11.8 Å². The van der Waals surface area contributed by atoms with E-state index in [9.17, 15) is 17.6 Å². The largest absolute Gasteiger partial charge is 0.287 e. The molecule has 0 aromatic heterocycles. The Morgan fingerprint density at radius 3 is 2.92 bits per heavy atom. The average Bonchev–Trinajstić information content (AvgIpc) is 3.01. The number of aliphatic imine (C=N–C) groups is 1. The van der Waals surface area contributed by atoms with Gasteiger partial charge in [0.2, 0.25) is 15.8 Å². The second-order valence-electron chi connectivity index (χ2n) is 5.84. The summed E-state index contributed by atoms with van der Waals surface area (Å²) < 4.78 is 40.1. The highest BCUT2D eigenvalue weighted by Crippen LogP contribution is 2.31. The third-order valence-corrected chi connectivity index (χ3v) is 5.76. The number of carbonyl (C=O) groups is 1. The van der Waals surface area contributed by atoms with Gasteiger partial charge in [0.1, 0.15) is 17.7 Å². The highest BCUT2D eigenvalue weighted by molar-refractivity contribution is 7.92. The fraction of sp³-hybridized carbons (Fsp3) is 0.312. The molecule has 0 fully saturated rings. The van der Waals surface area contributed by atoms with Crippen molar-refractivity contribution in [2.75, 3.05) is 10.5 Å². The van der Waals surface area contributed by atoms with Gasteiger partial charge in [-0.1, -0.05) is 24.6 Å². The molecule has 0 saturated heterocycles. The van der Waals surface area contributed by atoms with E-state index >= 15 is 0 Å². The average molecular weight is 399 g/mol. The molecule has 138 valence electrons. The molecule has 0 bridgehead atoms. The van der Waals surface area contributed by atoms with Crippen molar-refractivity contribution in [1.82, 2.24) is 5.43 Å². The molecule has 2 N–H and O–H groups in total. The van der Waals surface area contributed by atoms with Crippen LogP contribution in [0.5, 0.6) is 0 Å². The van der Waals surface area contributed by atoms with Crippen molar-refractivity contribution in [3.63, 3.8) is 0 Å². The van der Waals surface area contributed by atoms with Crippen molar-refractivity contribution in [2.45, 2.75) is 19.5 Å². The Kier molecular flexibility index (Phi) is 5.10. The van der Waals surface area contributed by atoms with E-state index < -0.39 is 33.7 Å². The summed E-state index contributed by atoms with van der Waals surface area (Å²) >= 11 is 6.20. The minimum Gasteiger partial charge on any atom is -0.287 e. The van der Waals surface area contributed by atoms with Crippen LogP contribution in [-0.4, -0.2) is 38.0 Å². The lowest BCUT2D eigenvalue weighted by atomic mass is 9.93. The number of nitrogens with zero attached hydrogens (tertiary/aromatic N) is 2. The fourth-order valence-corrected chi connectivity index (χ4v) is 4.16. The lowest BCUT2D eigenvalue weighted by Gasteiger charge is -2.16. The van der Waals surface area contributed by atoms with Gasteiger partial charge < -0.3 is 0 Å². The normalized spacial score (nSPS) is 21.1. The van der Waals surface area contributed by atoms with Gasteiger partial charge in [-0.15, -0.1) is 0 Å². The number of hydrogen-bond donors (Lipinski definition) is 2. The van der Waals surface area contributed by atoms with E-state index in [2.05, 4.69) is 20.2 Å². The van der Waals surface area contributed by atoms with Crippen molar-refractivity contribution in [3.8, 4) is 0 Å². The molecule has 3 rings (SSSR count). The first-order chi connectivity index (χ1) is 12.3. The zero-order valence-corrected chi connectivity index (χ0v) is 15.3. The summed E-state index contributed by atoms with van der Waals surface area (Å²) in [7, 11) is -3.69. The molecule has 2 aliphatic rings. The number of sulfonamides is 1. The third-order valence-electron chi connectivity index (χ3n) is 3.88. The van der Waals surface area contributed by atoms with Gasteiger partial charge in [0.25, 0.3) is 0 Å². The molecule has 2 heterocycles. The van der Waals surface area contributed by atoms with Crippen LogP contribution in [-0.2, 0) is 10.0 Å². The molecule has 26 heavy (non-hydrogen) atoms. The lowest BCUT2D eigenvalue weighted by Crippen LogP contribution is -2.31. The van der Waals surface area contributed by atoms with Crippen LogP contribution in [0.1, 0.15) is 23.7 Å². The third kappa shape index (κ3) is 3.63. The summed E-state index contributed by atoms with van der Waals surface area (Å²) in [6.07, 6.45) is 5.02. The summed E-state index contributed by atoms with van der Waals surface area (Å²) in [5.74, 6) is -1.92. The van der Waals surface area contributed by atoms with Crippen LogP contribution in [0.3, 0.4) is 0 Å². The monoisotopic (exact) mass is 398 g/mol. The molecule has 0 radical (unpaired) electrons. The Bertz CT molecular complexity index is 943. The minimum atomic E-state index is -3.69. The maximum absolute atomic E-state index is 14.0. The summed E-state index contributed by atoms with van der Waals surface area (Å²) in [4.78, 5) is 17.0. The molecule has 1 aromatic rings. The van der Waals surface area contributed by atoms with E-state index in [1.54, 1.807) is 25.3 Å². The summed E-state index contributed by atoms with van der Waals surface area (Å²) in [6, 6.07) is 1.91. The van der Waals surface area contributed by atoms with Gasteiger partial charge >= 0.3 is 0 Å². The van der Waals surface area contributed by atoms with Crippen LogP contribution in [0.15, 0.2) is 34.4 Å². The second-order valence-corrected chi connectivity index (χ2v) is 8.06. The highest BCUT2D eigenvalue weighted by atomic mass is 35.5. The molecule has 7 nitrogen and oxygen atoms in total. The molecule has 2 atom stereocenters. The van der Waals surface area contributed by atoms with Crippen molar-refractivity contribution < 1.29 is 17.6 Å². The maximum atomic E-state index is 14.0. The number of hydrazone groups is 1. The highest BCUT2D eigenvalue weighted by Gasteiger charge is 2.36. The van der Waals surface area contributed by atoms with Crippen molar-refractivity contribution in [2.24, 2.45) is 16.0 Å². The number of Topliss-reactive ketones (excluding diaryl/α,β-unsaturated/α-hetero) is 1. The Morgan fingerprint density at radius 1 is 1.42 bits per heavy atom. The van der Waals surface area contributed by atoms with E-state index in [0.29, 0.717) is 6.42 Å². The van der Waals surface area contributed by atoms with Crippen molar-refractivity contribution in [1.29, 1.82) is 0 Å². The smallest absolute Gasteiger partial charge is 0.232 e. The summed E-state index contributed by atoms with van der Waals surface area (Å²) in [5.41, 5.74) is 2.53. The van der Waals surface area contributed by atoms with Gasteiger partial charge in [0.05, 0.1) is 22.4 Å². The van der Waals surface area contributed by atoms with E-state index in [-0.39, 0.29) is 27.7 Å². The summed E-state index contributed by atoms with van der Waals surface area (Å²) in [6.45, 7) is 1.70. The number of hydrogen-bond acceptors (Lipinski definition) is 6. The number of halogens is 2. The number of ketones is 1.